The second-order valence-electron chi connectivity index (χ2n) is 7.06. The Balaban J connectivity index is 2.29. The number of rotatable bonds is 2. The molecule has 3 nitrogen and oxygen atoms in total. The van der Waals surface area contributed by atoms with Crippen molar-refractivity contribution in [2.75, 3.05) is 6.61 Å². The molecule has 0 aromatic heterocycles. The van der Waals surface area contributed by atoms with Gasteiger partial charge in [-0.15, -0.1) is 0 Å². The van der Waals surface area contributed by atoms with Gasteiger partial charge < -0.3 is 10.2 Å². The fraction of sp³-hybridized carbons (Fsp3) is 0.929. The predicted molar refractivity (Wildman–Crippen MR) is 65.4 cm³/mol. The van der Waals surface area contributed by atoms with Crippen LogP contribution in [0.1, 0.15) is 46.5 Å². The summed E-state index contributed by atoms with van der Waals surface area (Å²) >= 11 is 0. The minimum absolute atomic E-state index is 0.0279. The largest absolute Gasteiger partial charge is 0.396 e. The molecule has 3 heteroatoms. The molecule has 0 radical (unpaired) electrons. The Hall–Kier alpha value is -0.410. The van der Waals surface area contributed by atoms with E-state index in [9.17, 15) is 15.0 Å². The van der Waals surface area contributed by atoms with E-state index < -0.39 is 6.10 Å². The zero-order chi connectivity index (χ0) is 12.8. The van der Waals surface area contributed by atoms with Gasteiger partial charge in [0.25, 0.3) is 0 Å². The number of hydrogen-bond acceptors (Lipinski definition) is 3. The van der Waals surface area contributed by atoms with Gasteiger partial charge in [-0.1, -0.05) is 20.8 Å². The van der Waals surface area contributed by atoms with Gasteiger partial charge in [-0.2, -0.15) is 0 Å². The van der Waals surface area contributed by atoms with Gasteiger partial charge in [0, 0.05) is 13.0 Å². The highest BCUT2D eigenvalue weighted by atomic mass is 16.3. The Kier molecular flexibility index (Phi) is 3.11. The van der Waals surface area contributed by atoms with Gasteiger partial charge in [-0.25, -0.2) is 0 Å². The molecule has 98 valence electrons. The topological polar surface area (TPSA) is 57.5 Å². The minimum Gasteiger partial charge on any atom is -0.396 e. The van der Waals surface area contributed by atoms with Crippen LogP contribution in [0, 0.1) is 22.7 Å². The van der Waals surface area contributed by atoms with Crippen LogP contribution in [0.5, 0.6) is 0 Å². The third-order valence-electron chi connectivity index (χ3n) is 4.97. The number of ketones is 1. The molecule has 0 aliphatic heterocycles. The Bertz CT molecular complexity index is 323. The first-order valence-electron chi connectivity index (χ1n) is 6.61. The molecule has 0 aromatic carbocycles. The van der Waals surface area contributed by atoms with Crippen molar-refractivity contribution in [3.63, 3.8) is 0 Å². The number of fused-ring (bicyclic) bond motifs is 1. The maximum atomic E-state index is 11.9. The van der Waals surface area contributed by atoms with Crippen LogP contribution in [0.3, 0.4) is 0 Å². The number of Topliss-reactive ketones (excluding diaryl/α,β-unsaturated/α-hetero) is 1. The van der Waals surface area contributed by atoms with E-state index in [1.165, 1.54) is 0 Å². The lowest BCUT2D eigenvalue weighted by Gasteiger charge is -2.44. The summed E-state index contributed by atoms with van der Waals surface area (Å²) in [6, 6.07) is 0. The molecule has 0 bridgehead atoms. The lowest BCUT2D eigenvalue weighted by Crippen LogP contribution is -2.47. The lowest BCUT2D eigenvalue weighted by molar-refractivity contribution is -0.142. The zero-order valence-electron chi connectivity index (χ0n) is 11.1. The molecule has 4 atom stereocenters. The van der Waals surface area contributed by atoms with Crippen molar-refractivity contribution in [3.05, 3.63) is 0 Å². The summed E-state index contributed by atoms with van der Waals surface area (Å²) in [6.45, 7) is 6.65. The second kappa shape index (κ2) is 4.06. The molecular weight excluding hydrogens is 216 g/mol. The van der Waals surface area contributed by atoms with E-state index in [4.69, 9.17) is 0 Å². The van der Waals surface area contributed by atoms with Crippen molar-refractivity contribution in [2.45, 2.75) is 52.6 Å². The molecule has 0 aromatic rings. The van der Waals surface area contributed by atoms with Crippen LogP contribution in [-0.4, -0.2) is 28.7 Å². The Morgan fingerprint density at radius 2 is 1.94 bits per heavy atom. The highest BCUT2D eigenvalue weighted by molar-refractivity contribution is 5.85. The van der Waals surface area contributed by atoms with Crippen LogP contribution in [-0.2, 0) is 4.79 Å². The van der Waals surface area contributed by atoms with Crippen molar-refractivity contribution < 1.29 is 15.0 Å². The monoisotopic (exact) mass is 240 g/mol. The van der Waals surface area contributed by atoms with Gasteiger partial charge in [-0.05, 0) is 41.9 Å². The smallest absolute Gasteiger partial charge is 0.162 e. The summed E-state index contributed by atoms with van der Waals surface area (Å²) in [5, 5.41) is 19.3. The summed E-state index contributed by atoms with van der Waals surface area (Å²) in [5.74, 6) is 0.444. The maximum absolute atomic E-state index is 11.9. The molecule has 17 heavy (non-hydrogen) atoms. The van der Waals surface area contributed by atoms with Crippen LogP contribution in [0.15, 0.2) is 0 Å². The summed E-state index contributed by atoms with van der Waals surface area (Å²) in [7, 11) is 0. The van der Waals surface area contributed by atoms with Crippen LogP contribution in [0.25, 0.3) is 0 Å². The first-order chi connectivity index (χ1) is 7.79. The van der Waals surface area contributed by atoms with E-state index in [0.29, 0.717) is 18.8 Å². The molecule has 0 heterocycles. The van der Waals surface area contributed by atoms with Crippen LogP contribution < -0.4 is 0 Å². The molecule has 0 amide bonds. The molecule has 2 aliphatic carbocycles. The maximum Gasteiger partial charge on any atom is 0.162 e. The van der Waals surface area contributed by atoms with Crippen molar-refractivity contribution in [2.24, 2.45) is 22.7 Å². The highest BCUT2D eigenvalue weighted by Gasteiger charge is 2.55. The Labute approximate surface area is 103 Å². The fourth-order valence-corrected chi connectivity index (χ4v) is 4.11. The van der Waals surface area contributed by atoms with Crippen molar-refractivity contribution >= 4 is 5.78 Å². The SMILES string of the molecule is CC1(C)C[C@H]2[C@H](O)C(=O)C[C@](C)(CCO)[C@H]2C1. The summed E-state index contributed by atoms with van der Waals surface area (Å²) in [5.41, 5.74) is 0.0845. The van der Waals surface area contributed by atoms with Gasteiger partial charge in [0.15, 0.2) is 5.78 Å². The molecule has 2 saturated carbocycles. The molecule has 0 unspecified atom stereocenters. The lowest BCUT2D eigenvalue weighted by atomic mass is 9.61. The van der Waals surface area contributed by atoms with E-state index in [-0.39, 0.29) is 29.1 Å². The summed E-state index contributed by atoms with van der Waals surface area (Å²) < 4.78 is 0. The average Bonchev–Trinajstić information content (AvgIpc) is 2.53. The van der Waals surface area contributed by atoms with Crippen molar-refractivity contribution in [1.29, 1.82) is 0 Å². The predicted octanol–water partition coefficient (Wildman–Crippen LogP) is 1.76. The van der Waals surface area contributed by atoms with Gasteiger partial charge in [0.1, 0.15) is 6.10 Å². The molecule has 0 saturated heterocycles. The normalized spacial score (nSPS) is 44.8. The third kappa shape index (κ3) is 2.15. The van der Waals surface area contributed by atoms with Crippen molar-refractivity contribution in [1.82, 2.24) is 0 Å². The van der Waals surface area contributed by atoms with Gasteiger partial charge in [-0.3, -0.25) is 4.79 Å². The first kappa shape index (κ1) is 13.0. The van der Waals surface area contributed by atoms with Crippen LogP contribution >= 0.6 is 0 Å². The Morgan fingerprint density at radius 1 is 1.29 bits per heavy atom. The fourth-order valence-electron chi connectivity index (χ4n) is 4.11. The van der Waals surface area contributed by atoms with Gasteiger partial charge in [0.2, 0.25) is 0 Å². The average molecular weight is 240 g/mol. The van der Waals surface area contributed by atoms with E-state index in [2.05, 4.69) is 20.8 Å². The second-order valence-corrected chi connectivity index (χ2v) is 7.06. The highest BCUT2D eigenvalue weighted by Crippen LogP contribution is 2.58. The van der Waals surface area contributed by atoms with Gasteiger partial charge >= 0.3 is 0 Å². The molecule has 2 fully saturated rings. The quantitative estimate of drug-likeness (QED) is 0.773. The van der Waals surface area contributed by atoms with E-state index in [1.807, 2.05) is 0 Å². The van der Waals surface area contributed by atoms with E-state index in [1.54, 1.807) is 0 Å². The van der Waals surface area contributed by atoms with Crippen LogP contribution in [0.4, 0.5) is 0 Å². The van der Waals surface area contributed by atoms with Crippen molar-refractivity contribution in [3.8, 4) is 0 Å². The number of hydrogen-bond donors (Lipinski definition) is 2. The molecule has 0 spiro atoms. The molecule has 2 rings (SSSR count). The third-order valence-corrected chi connectivity index (χ3v) is 4.97. The standard InChI is InChI=1S/C14H24O3/c1-13(2)6-9-10(7-13)14(3,4-5-15)8-11(16)12(9)17/h9-10,12,15,17H,4-8H2,1-3H3/t9-,10+,12+,14+/m1/s1. The van der Waals surface area contributed by atoms with Crippen LogP contribution in [0.2, 0.25) is 0 Å². The summed E-state index contributed by atoms with van der Waals surface area (Å²) in [6.07, 6.45) is 2.30. The molecular formula is C14H24O3. The van der Waals surface area contributed by atoms with Gasteiger partial charge in [0.05, 0.1) is 0 Å². The Morgan fingerprint density at radius 3 is 2.53 bits per heavy atom. The first-order valence-corrected chi connectivity index (χ1v) is 6.61. The van der Waals surface area contributed by atoms with E-state index in [0.717, 1.165) is 12.8 Å². The number of aliphatic hydroxyl groups excluding tert-OH is 2. The molecule has 2 N–H and O–H groups in total. The summed E-state index contributed by atoms with van der Waals surface area (Å²) in [4.78, 5) is 11.9. The number of carbonyl (C=O) groups excluding carboxylic acids is 1. The minimum atomic E-state index is -0.770. The number of aliphatic hydroxyl groups is 2. The van der Waals surface area contributed by atoms with E-state index >= 15 is 0 Å². The zero-order valence-corrected chi connectivity index (χ0v) is 11.1. The number of carbonyl (C=O) groups is 1. The molecule has 2 aliphatic rings.